The number of hydrogen-bond acceptors (Lipinski definition) is 3. The van der Waals surface area contributed by atoms with Crippen molar-refractivity contribution in [3.8, 4) is 0 Å². The fraction of sp³-hybridized carbons (Fsp3) is 0.467. The first-order chi connectivity index (χ1) is 9.45. The lowest BCUT2D eigenvalue weighted by atomic mass is 10.0. The van der Waals surface area contributed by atoms with Crippen molar-refractivity contribution in [2.75, 3.05) is 6.54 Å². The summed E-state index contributed by atoms with van der Waals surface area (Å²) in [6.07, 6.45) is 0.745. The highest BCUT2D eigenvalue weighted by atomic mass is 16.4. The Kier molecular flexibility index (Phi) is 6.03. The van der Waals surface area contributed by atoms with Crippen molar-refractivity contribution >= 4 is 11.7 Å². The molecule has 0 aliphatic carbocycles. The van der Waals surface area contributed by atoms with Crippen LogP contribution >= 0.6 is 0 Å². The van der Waals surface area contributed by atoms with Crippen LogP contribution in [-0.2, 0) is 11.2 Å². The van der Waals surface area contributed by atoms with E-state index < -0.39 is 0 Å². The van der Waals surface area contributed by atoms with E-state index >= 15 is 0 Å². The van der Waals surface area contributed by atoms with Crippen molar-refractivity contribution in [1.82, 2.24) is 4.90 Å². The highest BCUT2D eigenvalue weighted by molar-refractivity contribution is 5.82. The minimum atomic E-state index is 0.0556. The molecule has 0 radical (unpaired) electrons. The first-order valence-electron chi connectivity index (χ1n) is 6.76. The molecule has 5 nitrogen and oxygen atoms in total. The zero-order chi connectivity index (χ0) is 15.1. The van der Waals surface area contributed by atoms with Gasteiger partial charge < -0.3 is 15.8 Å². The van der Waals surface area contributed by atoms with Crippen molar-refractivity contribution in [2.45, 2.75) is 39.7 Å². The number of carbonyl (C=O) groups excluding carboxylic acids is 1. The van der Waals surface area contributed by atoms with Gasteiger partial charge in [0.15, 0.2) is 0 Å². The van der Waals surface area contributed by atoms with Crippen molar-refractivity contribution in [3.05, 3.63) is 35.4 Å². The number of nitrogens with zero attached hydrogens (tertiary/aromatic N) is 2. The zero-order valence-corrected chi connectivity index (χ0v) is 12.3. The van der Waals surface area contributed by atoms with E-state index in [2.05, 4.69) is 5.16 Å². The summed E-state index contributed by atoms with van der Waals surface area (Å²) in [7, 11) is 0. The minimum Gasteiger partial charge on any atom is -0.409 e. The molecule has 0 fully saturated rings. The molecule has 0 heterocycles. The molecule has 0 aliphatic rings. The maximum Gasteiger partial charge on any atom is 0.227 e. The third kappa shape index (κ3) is 4.57. The Balaban J connectivity index is 2.72. The van der Waals surface area contributed by atoms with Crippen LogP contribution in [0.15, 0.2) is 29.4 Å². The molecular weight excluding hydrogens is 254 g/mol. The number of carbonyl (C=O) groups is 1. The van der Waals surface area contributed by atoms with Gasteiger partial charge >= 0.3 is 0 Å². The average Bonchev–Trinajstić information content (AvgIpc) is 2.41. The Labute approximate surface area is 120 Å². The molecule has 5 heteroatoms. The second kappa shape index (κ2) is 7.53. The molecule has 0 saturated heterocycles. The van der Waals surface area contributed by atoms with Crippen LogP contribution in [0.3, 0.4) is 0 Å². The summed E-state index contributed by atoms with van der Waals surface area (Å²) < 4.78 is 0. The normalized spacial score (nSPS) is 11.7. The summed E-state index contributed by atoms with van der Waals surface area (Å²) >= 11 is 0. The topological polar surface area (TPSA) is 78.9 Å². The molecule has 1 aromatic carbocycles. The third-order valence-electron chi connectivity index (χ3n) is 3.28. The maximum atomic E-state index is 12.4. The minimum absolute atomic E-state index is 0.0556. The molecule has 0 saturated carbocycles. The van der Waals surface area contributed by atoms with Gasteiger partial charge in [-0.1, -0.05) is 29.4 Å². The first-order valence-corrected chi connectivity index (χ1v) is 6.76. The second-order valence-corrected chi connectivity index (χ2v) is 5.13. The lowest BCUT2D eigenvalue weighted by molar-refractivity contribution is -0.132. The Morgan fingerprint density at radius 3 is 2.60 bits per heavy atom. The van der Waals surface area contributed by atoms with Crippen LogP contribution in [-0.4, -0.2) is 34.4 Å². The second-order valence-electron chi connectivity index (χ2n) is 5.13. The smallest absolute Gasteiger partial charge is 0.227 e. The summed E-state index contributed by atoms with van der Waals surface area (Å²) in [5, 5.41) is 11.5. The Hall–Kier alpha value is -2.04. The van der Waals surface area contributed by atoms with Gasteiger partial charge in [-0.2, -0.15) is 0 Å². The predicted molar refractivity (Wildman–Crippen MR) is 79.8 cm³/mol. The molecule has 0 unspecified atom stereocenters. The van der Waals surface area contributed by atoms with Gasteiger partial charge in [0.1, 0.15) is 5.84 Å². The number of rotatable bonds is 6. The largest absolute Gasteiger partial charge is 0.409 e. The molecule has 1 aromatic rings. The summed E-state index contributed by atoms with van der Waals surface area (Å²) in [4.78, 5) is 14.1. The highest BCUT2D eigenvalue weighted by Gasteiger charge is 2.18. The third-order valence-corrected chi connectivity index (χ3v) is 3.28. The lowest BCUT2D eigenvalue weighted by Crippen LogP contribution is -2.40. The lowest BCUT2D eigenvalue weighted by Gasteiger charge is -2.27. The molecule has 0 atom stereocenters. The quantitative estimate of drug-likeness (QED) is 0.361. The SMILES string of the molecule is Cc1ccccc1CC(=O)N(CCC(N)=NO)C(C)C. The Morgan fingerprint density at radius 1 is 1.40 bits per heavy atom. The summed E-state index contributed by atoms with van der Waals surface area (Å²) in [5.74, 6) is 0.194. The van der Waals surface area contributed by atoms with Gasteiger partial charge in [0.05, 0.1) is 6.42 Å². The van der Waals surface area contributed by atoms with Gasteiger partial charge in [-0.3, -0.25) is 4.79 Å². The number of hydrogen-bond donors (Lipinski definition) is 2. The summed E-state index contributed by atoms with van der Waals surface area (Å²) in [6, 6.07) is 7.94. The maximum absolute atomic E-state index is 12.4. The molecule has 110 valence electrons. The monoisotopic (exact) mass is 277 g/mol. The molecule has 0 aromatic heterocycles. The fourth-order valence-electron chi connectivity index (χ4n) is 2.03. The van der Waals surface area contributed by atoms with Crippen molar-refractivity contribution in [2.24, 2.45) is 10.9 Å². The summed E-state index contributed by atoms with van der Waals surface area (Å²) in [6.45, 7) is 6.38. The van der Waals surface area contributed by atoms with Gasteiger partial charge in [-0.25, -0.2) is 0 Å². The number of amides is 1. The molecule has 0 aliphatic heterocycles. The van der Waals surface area contributed by atoms with E-state index in [1.807, 2.05) is 45.0 Å². The molecule has 1 rings (SSSR count). The van der Waals surface area contributed by atoms with Crippen molar-refractivity contribution < 1.29 is 10.0 Å². The zero-order valence-electron chi connectivity index (χ0n) is 12.3. The molecule has 0 bridgehead atoms. The molecule has 0 spiro atoms. The van der Waals surface area contributed by atoms with E-state index in [1.165, 1.54) is 0 Å². The molecule has 1 amide bonds. The number of amidine groups is 1. The molecule has 3 N–H and O–H groups in total. The van der Waals surface area contributed by atoms with Crippen LogP contribution in [0.25, 0.3) is 0 Å². The van der Waals surface area contributed by atoms with E-state index in [-0.39, 0.29) is 17.8 Å². The number of benzene rings is 1. The van der Waals surface area contributed by atoms with E-state index in [1.54, 1.807) is 4.90 Å². The van der Waals surface area contributed by atoms with Gasteiger partial charge in [0.25, 0.3) is 0 Å². The summed E-state index contributed by atoms with van der Waals surface area (Å²) in [5.41, 5.74) is 7.61. The predicted octanol–water partition coefficient (Wildman–Crippen LogP) is 1.91. The van der Waals surface area contributed by atoms with Crippen LogP contribution in [0.2, 0.25) is 0 Å². The fourth-order valence-corrected chi connectivity index (χ4v) is 2.03. The van der Waals surface area contributed by atoms with E-state index in [0.717, 1.165) is 11.1 Å². The number of aryl methyl sites for hydroxylation is 1. The van der Waals surface area contributed by atoms with Crippen molar-refractivity contribution in [3.63, 3.8) is 0 Å². The van der Waals surface area contributed by atoms with Crippen LogP contribution < -0.4 is 5.73 Å². The number of nitrogens with two attached hydrogens (primary N) is 1. The molecule has 20 heavy (non-hydrogen) atoms. The Bertz CT molecular complexity index is 484. The van der Waals surface area contributed by atoms with E-state index in [4.69, 9.17) is 10.9 Å². The van der Waals surface area contributed by atoms with Crippen LogP contribution in [0, 0.1) is 6.92 Å². The van der Waals surface area contributed by atoms with Gasteiger partial charge in [-0.15, -0.1) is 0 Å². The highest BCUT2D eigenvalue weighted by Crippen LogP contribution is 2.11. The van der Waals surface area contributed by atoms with E-state index in [0.29, 0.717) is 19.4 Å². The van der Waals surface area contributed by atoms with Gasteiger partial charge in [0.2, 0.25) is 5.91 Å². The average molecular weight is 277 g/mol. The number of oxime groups is 1. The Morgan fingerprint density at radius 2 is 2.05 bits per heavy atom. The van der Waals surface area contributed by atoms with Crippen LogP contribution in [0.5, 0.6) is 0 Å². The molecular formula is C15H23N3O2. The first kappa shape index (κ1) is 16.0. The van der Waals surface area contributed by atoms with Crippen LogP contribution in [0.1, 0.15) is 31.4 Å². The van der Waals surface area contributed by atoms with E-state index in [9.17, 15) is 4.79 Å². The van der Waals surface area contributed by atoms with Crippen LogP contribution in [0.4, 0.5) is 0 Å². The van der Waals surface area contributed by atoms with Crippen molar-refractivity contribution in [1.29, 1.82) is 0 Å². The standard InChI is InChI=1S/C15H23N3O2/c1-11(2)18(9-8-14(16)17-20)15(19)10-13-7-5-4-6-12(13)3/h4-7,11,20H,8-10H2,1-3H3,(H2,16,17). The van der Waals surface area contributed by atoms with Gasteiger partial charge in [-0.05, 0) is 31.9 Å². The van der Waals surface area contributed by atoms with Gasteiger partial charge in [0, 0.05) is 19.0 Å².